The maximum absolute atomic E-state index is 12.2. The maximum atomic E-state index is 12.2. The van der Waals surface area contributed by atoms with Gasteiger partial charge >= 0.3 is 12.0 Å². The lowest BCUT2D eigenvalue weighted by Crippen LogP contribution is -2.46. The molecule has 2 rings (SSSR count). The van der Waals surface area contributed by atoms with Crippen LogP contribution in [0.15, 0.2) is 0 Å². The highest BCUT2D eigenvalue weighted by molar-refractivity contribution is 5.75. The van der Waals surface area contributed by atoms with Gasteiger partial charge in [-0.25, -0.2) is 4.79 Å². The maximum Gasteiger partial charge on any atom is 0.317 e. The Bertz CT molecular complexity index is 359. The molecule has 0 aromatic heterocycles. The molecule has 2 amide bonds. The third kappa shape index (κ3) is 4.39. The second-order valence-electron chi connectivity index (χ2n) is 6.23. The number of urea groups is 1. The number of rotatable bonds is 6. The van der Waals surface area contributed by atoms with Crippen molar-refractivity contribution in [2.24, 2.45) is 11.8 Å². The van der Waals surface area contributed by atoms with Crippen LogP contribution in [0.2, 0.25) is 0 Å². The number of carbonyl (C=O) groups excluding carboxylic acids is 1. The predicted molar refractivity (Wildman–Crippen MR) is 76.5 cm³/mol. The van der Waals surface area contributed by atoms with E-state index in [-0.39, 0.29) is 12.5 Å². The number of carboxylic acid groups (broad SMARTS) is 1. The first kappa shape index (κ1) is 15.1. The van der Waals surface area contributed by atoms with Crippen molar-refractivity contribution in [3.8, 4) is 0 Å². The molecule has 1 aliphatic carbocycles. The van der Waals surface area contributed by atoms with Crippen molar-refractivity contribution < 1.29 is 14.7 Å². The lowest BCUT2D eigenvalue weighted by Gasteiger charge is -2.32. The Morgan fingerprint density at radius 3 is 2.85 bits per heavy atom. The van der Waals surface area contributed by atoms with E-state index in [1.165, 1.54) is 12.8 Å². The molecule has 5 heteroatoms. The summed E-state index contributed by atoms with van der Waals surface area (Å²) in [7, 11) is 0. The molecule has 5 nitrogen and oxygen atoms in total. The average Bonchev–Trinajstić information content (AvgIpc) is 3.15. The fraction of sp³-hybridized carbons (Fsp3) is 0.867. The molecule has 3 atom stereocenters. The number of nitrogens with zero attached hydrogens (tertiary/aromatic N) is 1. The van der Waals surface area contributed by atoms with E-state index in [2.05, 4.69) is 12.2 Å². The van der Waals surface area contributed by atoms with Crippen molar-refractivity contribution in [2.75, 3.05) is 13.1 Å². The van der Waals surface area contributed by atoms with Crippen molar-refractivity contribution in [3.63, 3.8) is 0 Å². The second kappa shape index (κ2) is 6.95. The van der Waals surface area contributed by atoms with Crippen LogP contribution in [0.25, 0.3) is 0 Å². The number of piperidine rings is 1. The fourth-order valence-electron chi connectivity index (χ4n) is 3.18. The zero-order chi connectivity index (χ0) is 14.5. The van der Waals surface area contributed by atoms with Gasteiger partial charge in [0.05, 0.1) is 0 Å². The molecule has 3 unspecified atom stereocenters. The molecule has 1 saturated carbocycles. The van der Waals surface area contributed by atoms with E-state index in [4.69, 9.17) is 5.11 Å². The molecule has 1 saturated heterocycles. The lowest BCUT2D eigenvalue weighted by atomic mass is 9.93. The normalized spacial score (nSPS) is 29.1. The van der Waals surface area contributed by atoms with E-state index in [0.29, 0.717) is 30.8 Å². The molecule has 1 heterocycles. The lowest BCUT2D eigenvalue weighted by molar-refractivity contribution is -0.137. The van der Waals surface area contributed by atoms with Crippen LogP contribution in [-0.4, -0.2) is 41.1 Å². The molecule has 0 aromatic carbocycles. The first-order chi connectivity index (χ1) is 9.60. The van der Waals surface area contributed by atoms with Gasteiger partial charge < -0.3 is 15.3 Å². The minimum Gasteiger partial charge on any atom is -0.481 e. The smallest absolute Gasteiger partial charge is 0.317 e. The number of hydrogen-bond acceptors (Lipinski definition) is 2. The quantitative estimate of drug-likeness (QED) is 0.786. The van der Waals surface area contributed by atoms with E-state index >= 15 is 0 Å². The third-order valence-corrected chi connectivity index (χ3v) is 4.46. The molecule has 0 spiro atoms. The van der Waals surface area contributed by atoms with Crippen LogP contribution in [0.5, 0.6) is 0 Å². The van der Waals surface area contributed by atoms with Gasteiger partial charge in [-0.1, -0.05) is 13.3 Å². The fourth-order valence-corrected chi connectivity index (χ4v) is 3.18. The van der Waals surface area contributed by atoms with Crippen molar-refractivity contribution in [1.82, 2.24) is 10.2 Å². The van der Waals surface area contributed by atoms with Gasteiger partial charge in [-0.05, 0) is 43.9 Å². The minimum absolute atomic E-state index is 0.0497. The van der Waals surface area contributed by atoms with Gasteiger partial charge in [0.25, 0.3) is 0 Å². The van der Waals surface area contributed by atoms with Gasteiger partial charge in [0, 0.05) is 25.6 Å². The summed E-state index contributed by atoms with van der Waals surface area (Å²) in [6.45, 7) is 3.69. The monoisotopic (exact) mass is 282 g/mol. The Morgan fingerprint density at radius 2 is 2.15 bits per heavy atom. The number of carboxylic acids is 1. The van der Waals surface area contributed by atoms with E-state index < -0.39 is 5.97 Å². The van der Waals surface area contributed by atoms with E-state index in [1.54, 1.807) is 0 Å². The number of nitrogens with one attached hydrogen (secondary N) is 1. The number of hydrogen-bond donors (Lipinski definition) is 2. The Hall–Kier alpha value is -1.26. The highest BCUT2D eigenvalue weighted by atomic mass is 16.4. The molecular formula is C15H26N2O3. The molecule has 0 radical (unpaired) electrons. The van der Waals surface area contributed by atoms with E-state index in [9.17, 15) is 9.59 Å². The largest absolute Gasteiger partial charge is 0.481 e. The van der Waals surface area contributed by atoms with Crippen LogP contribution in [0.4, 0.5) is 4.79 Å². The van der Waals surface area contributed by atoms with Crippen molar-refractivity contribution in [2.45, 2.75) is 57.9 Å². The SMILES string of the molecule is CCCC1CC1NC(=O)N1CCCC(CCC(=O)O)C1. The van der Waals surface area contributed by atoms with Crippen molar-refractivity contribution in [1.29, 1.82) is 0 Å². The number of likely N-dealkylation sites (tertiary alicyclic amines) is 1. The molecule has 2 N–H and O–H groups in total. The summed E-state index contributed by atoms with van der Waals surface area (Å²) in [5.74, 6) is 0.278. The predicted octanol–water partition coefficient (Wildman–Crippen LogP) is 2.46. The third-order valence-electron chi connectivity index (χ3n) is 4.46. The average molecular weight is 282 g/mol. The number of carbonyl (C=O) groups is 2. The summed E-state index contributed by atoms with van der Waals surface area (Å²) in [5, 5.41) is 11.8. The molecular weight excluding hydrogens is 256 g/mol. The van der Waals surface area contributed by atoms with Gasteiger partial charge in [0.15, 0.2) is 0 Å². The number of amides is 2. The summed E-state index contributed by atoms with van der Waals surface area (Å²) in [4.78, 5) is 24.7. The van der Waals surface area contributed by atoms with Crippen LogP contribution in [-0.2, 0) is 4.79 Å². The van der Waals surface area contributed by atoms with Crippen LogP contribution < -0.4 is 5.32 Å². The molecule has 2 aliphatic rings. The van der Waals surface area contributed by atoms with E-state index in [1.807, 2.05) is 4.90 Å². The zero-order valence-corrected chi connectivity index (χ0v) is 12.3. The summed E-state index contributed by atoms with van der Waals surface area (Å²) >= 11 is 0. The molecule has 0 bridgehead atoms. The van der Waals surface area contributed by atoms with Gasteiger partial charge in [-0.15, -0.1) is 0 Å². The standard InChI is InChI=1S/C15H26N2O3/c1-2-4-12-9-13(12)16-15(20)17-8-3-5-11(10-17)6-7-14(18)19/h11-13H,2-10H2,1H3,(H,16,20)(H,18,19). The van der Waals surface area contributed by atoms with Gasteiger partial charge in [0.1, 0.15) is 0 Å². The first-order valence-electron chi connectivity index (χ1n) is 7.87. The summed E-state index contributed by atoms with van der Waals surface area (Å²) in [6.07, 6.45) is 6.42. The molecule has 0 aromatic rings. The zero-order valence-electron chi connectivity index (χ0n) is 12.3. The van der Waals surface area contributed by atoms with Gasteiger partial charge in [-0.2, -0.15) is 0 Å². The van der Waals surface area contributed by atoms with Crippen molar-refractivity contribution in [3.05, 3.63) is 0 Å². The molecule has 114 valence electrons. The van der Waals surface area contributed by atoms with Crippen molar-refractivity contribution >= 4 is 12.0 Å². The van der Waals surface area contributed by atoms with Gasteiger partial charge in [-0.3, -0.25) is 4.79 Å². The minimum atomic E-state index is -0.744. The van der Waals surface area contributed by atoms with Gasteiger partial charge in [0.2, 0.25) is 0 Å². The Labute approximate surface area is 120 Å². The second-order valence-corrected chi connectivity index (χ2v) is 6.23. The Kier molecular flexibility index (Phi) is 5.26. The molecule has 1 aliphatic heterocycles. The van der Waals surface area contributed by atoms with E-state index in [0.717, 1.165) is 25.8 Å². The van der Waals surface area contributed by atoms with Crippen LogP contribution in [0.1, 0.15) is 51.9 Å². The summed E-state index contributed by atoms with van der Waals surface area (Å²) < 4.78 is 0. The van der Waals surface area contributed by atoms with Crippen LogP contribution >= 0.6 is 0 Å². The number of aliphatic carboxylic acids is 1. The van der Waals surface area contributed by atoms with Crippen LogP contribution in [0.3, 0.4) is 0 Å². The highest BCUT2D eigenvalue weighted by Crippen LogP contribution is 2.34. The summed E-state index contributed by atoms with van der Waals surface area (Å²) in [5.41, 5.74) is 0. The topological polar surface area (TPSA) is 69.6 Å². The first-order valence-corrected chi connectivity index (χ1v) is 7.87. The van der Waals surface area contributed by atoms with Crippen LogP contribution in [0, 0.1) is 11.8 Å². The molecule has 2 fully saturated rings. The Morgan fingerprint density at radius 1 is 1.35 bits per heavy atom. The highest BCUT2D eigenvalue weighted by Gasteiger charge is 2.38. The Balaban J connectivity index is 1.71. The molecule has 20 heavy (non-hydrogen) atoms. The summed E-state index contributed by atoms with van der Waals surface area (Å²) in [6, 6.07) is 0.426.